The van der Waals surface area contributed by atoms with Crippen LogP contribution in [-0.2, 0) is 27.1 Å². The Kier molecular flexibility index (Phi) is 11.3. The van der Waals surface area contributed by atoms with Crippen molar-refractivity contribution in [3.8, 4) is 84.3 Å². The van der Waals surface area contributed by atoms with E-state index in [9.17, 15) is 8.22 Å². The molecule has 1 aliphatic carbocycles. The second kappa shape index (κ2) is 19.9. The zero-order valence-corrected chi connectivity index (χ0v) is 52.5. The second-order valence-electron chi connectivity index (χ2n) is 28.9. The molecular formula is C82H80N4O. The molecule has 14 rings (SSSR count). The number of aromatic nitrogens is 4. The van der Waals surface area contributed by atoms with Crippen LogP contribution in [0.2, 0.25) is 0 Å². The number of pyridine rings is 1. The van der Waals surface area contributed by atoms with Crippen LogP contribution < -0.4 is 9.30 Å². The number of nitrogens with zero attached hydrogens (tertiary/aromatic N) is 4. The first-order valence-electron chi connectivity index (χ1n) is 33.8. The summed E-state index contributed by atoms with van der Waals surface area (Å²) in [4.78, 5) is 4.95. The van der Waals surface area contributed by atoms with Crippen molar-refractivity contribution in [3.63, 3.8) is 0 Å². The normalized spacial score (nSPS) is 15.8. The van der Waals surface area contributed by atoms with Crippen molar-refractivity contribution in [2.75, 3.05) is 0 Å². The largest absolute Gasteiger partial charge is 0.458 e. The van der Waals surface area contributed by atoms with E-state index >= 15 is 0 Å². The van der Waals surface area contributed by atoms with Crippen LogP contribution in [0.3, 0.4) is 0 Å². The van der Waals surface area contributed by atoms with E-state index in [0.29, 0.717) is 22.7 Å². The van der Waals surface area contributed by atoms with Gasteiger partial charge < -0.3 is 4.74 Å². The number of benzene rings is 9. The summed E-state index contributed by atoms with van der Waals surface area (Å²) < 4.78 is 69.0. The van der Waals surface area contributed by atoms with Crippen molar-refractivity contribution >= 4 is 32.8 Å². The summed E-state index contributed by atoms with van der Waals surface area (Å²) in [6.45, 7) is 23.9. The predicted molar refractivity (Wildman–Crippen MR) is 364 cm³/mol. The molecule has 0 unspecified atom stereocenters. The Labute approximate surface area is 523 Å². The van der Waals surface area contributed by atoms with Crippen LogP contribution in [0.4, 0.5) is 0 Å². The summed E-state index contributed by atoms with van der Waals surface area (Å²) in [5.41, 5.74) is 18.3. The molecule has 4 heterocycles. The Morgan fingerprint density at radius 2 is 1.09 bits per heavy atom. The summed E-state index contributed by atoms with van der Waals surface area (Å²) >= 11 is 0. The van der Waals surface area contributed by atoms with E-state index in [2.05, 4.69) is 250 Å². The third kappa shape index (κ3) is 9.43. The van der Waals surface area contributed by atoms with Crippen molar-refractivity contribution in [2.24, 2.45) is 0 Å². The first-order valence-corrected chi connectivity index (χ1v) is 30.8. The molecule has 0 saturated carbocycles. The molecule has 12 aromatic rings. The molecular weight excluding hydrogens is 1060 g/mol. The summed E-state index contributed by atoms with van der Waals surface area (Å²) in [5.74, 6) is 2.07. The monoisotopic (exact) mass is 1140 g/mol. The molecule has 0 amide bonds. The lowest BCUT2D eigenvalue weighted by Crippen LogP contribution is -2.34. The van der Waals surface area contributed by atoms with Gasteiger partial charge in [-0.25, -0.2) is 4.98 Å². The van der Waals surface area contributed by atoms with Crippen LogP contribution in [-0.4, -0.2) is 14.1 Å². The number of hydrogen-bond acceptors (Lipinski definition) is 2. The van der Waals surface area contributed by atoms with Gasteiger partial charge in [0.1, 0.15) is 17.3 Å². The third-order valence-corrected chi connectivity index (χ3v) is 19.0. The van der Waals surface area contributed by atoms with Crippen LogP contribution in [0.1, 0.15) is 150 Å². The van der Waals surface area contributed by atoms with Crippen molar-refractivity contribution in [1.82, 2.24) is 14.1 Å². The van der Waals surface area contributed by atoms with Gasteiger partial charge in [-0.15, -0.1) is 0 Å². The van der Waals surface area contributed by atoms with Crippen LogP contribution in [0.5, 0.6) is 11.5 Å². The second-order valence-corrected chi connectivity index (χ2v) is 28.9. The molecule has 9 aromatic carbocycles. The van der Waals surface area contributed by atoms with Gasteiger partial charge in [-0.3, -0.25) is 13.7 Å². The van der Waals surface area contributed by atoms with E-state index in [1.165, 1.54) is 22.3 Å². The van der Waals surface area contributed by atoms with Crippen molar-refractivity contribution < 1.29 is 17.5 Å². The third-order valence-electron chi connectivity index (χ3n) is 19.0. The van der Waals surface area contributed by atoms with Gasteiger partial charge >= 0.3 is 0 Å². The minimum absolute atomic E-state index is 0.0373. The lowest BCUT2D eigenvalue weighted by molar-refractivity contribution is -0.570. The fraction of sp³-hybridized carbons (Fsp3) is 0.268. The van der Waals surface area contributed by atoms with Gasteiger partial charge in [-0.1, -0.05) is 205 Å². The van der Waals surface area contributed by atoms with E-state index in [0.717, 1.165) is 107 Å². The molecule has 1 aliphatic heterocycles. The smallest absolute Gasteiger partial charge is 0.269 e. The molecule has 0 saturated heterocycles. The van der Waals surface area contributed by atoms with E-state index in [4.69, 9.17) is 9.72 Å². The zero-order chi connectivity index (χ0) is 65.9. The molecule has 0 atom stereocenters. The van der Waals surface area contributed by atoms with Crippen molar-refractivity contribution in [2.45, 2.75) is 144 Å². The number of hydrogen-bond donors (Lipinski definition) is 0. The average molecular weight is 1140 g/mol. The Morgan fingerprint density at radius 3 is 1.77 bits per heavy atom. The lowest BCUT2D eigenvalue weighted by Gasteiger charge is -2.42. The number of imidazole rings is 1. The van der Waals surface area contributed by atoms with E-state index in [-0.39, 0.29) is 38.4 Å². The fourth-order valence-corrected chi connectivity index (χ4v) is 13.8. The molecule has 2 aliphatic rings. The number of ether oxygens (including phenoxy) is 1. The SMILES string of the molecule is [2H]C([2H])([2H])c1cccc(C([2H])([2H])[2H])c1-c1cc(C(C)(C)C)cc2c1-[n+]1[c-]n(-c3cccc(Oc4ccc5c6ccccc6n(-c6cc(C(C)(C)C)ccn6)c5c4)c3)c3cc(-c4ccc(C(C)(C)C)cc4)cc(c31)-c1ccccc1-c1cc3c(cc1-2)C(C)(C)CCC3(C)C. The fourth-order valence-electron chi connectivity index (χ4n) is 13.8. The van der Waals surface area contributed by atoms with E-state index in [1.807, 2.05) is 30.5 Å². The predicted octanol–water partition coefficient (Wildman–Crippen LogP) is 21.5. The van der Waals surface area contributed by atoms with Crippen LogP contribution in [0.15, 0.2) is 188 Å². The molecule has 0 spiro atoms. The zero-order valence-electron chi connectivity index (χ0n) is 58.5. The number of rotatable bonds is 6. The molecule has 0 fully saturated rings. The molecule has 434 valence electrons. The Bertz CT molecular complexity index is 5000. The first kappa shape index (κ1) is 49.3. The number of aryl methyl sites for hydroxylation is 2. The summed E-state index contributed by atoms with van der Waals surface area (Å²) in [5, 5.41) is 2.20. The molecule has 0 bridgehead atoms. The molecule has 5 heteroatoms. The van der Waals surface area contributed by atoms with Gasteiger partial charge in [0.2, 0.25) is 0 Å². The maximum atomic E-state index is 9.24. The van der Waals surface area contributed by atoms with Gasteiger partial charge in [0.05, 0.1) is 33.4 Å². The Morgan fingerprint density at radius 1 is 0.483 bits per heavy atom. The van der Waals surface area contributed by atoms with Crippen molar-refractivity contribution in [3.05, 3.63) is 233 Å². The highest BCUT2D eigenvalue weighted by atomic mass is 16.5. The summed E-state index contributed by atoms with van der Waals surface area (Å²) in [7, 11) is 0. The van der Waals surface area contributed by atoms with Gasteiger partial charge in [-0.05, 0) is 209 Å². The maximum Gasteiger partial charge on any atom is 0.269 e. The molecule has 87 heavy (non-hydrogen) atoms. The quantitative estimate of drug-likeness (QED) is 0.123. The molecule has 5 nitrogen and oxygen atoms in total. The Balaban J connectivity index is 1.10. The number of fused-ring (bicyclic) bond motifs is 11. The molecule has 3 aromatic heterocycles. The minimum atomic E-state index is -2.71. The topological polar surface area (TPSA) is 35.9 Å². The highest BCUT2D eigenvalue weighted by Gasteiger charge is 2.40. The lowest BCUT2D eigenvalue weighted by atomic mass is 9.62. The number of para-hydroxylation sites is 1. The maximum absolute atomic E-state index is 9.24. The summed E-state index contributed by atoms with van der Waals surface area (Å²) in [6, 6.07) is 63.2. The average Bonchev–Trinajstić information content (AvgIpc) is 1.64. The van der Waals surface area contributed by atoms with Crippen molar-refractivity contribution in [1.29, 1.82) is 0 Å². The van der Waals surface area contributed by atoms with Crippen LogP contribution in [0.25, 0.3) is 106 Å². The van der Waals surface area contributed by atoms with E-state index in [1.54, 1.807) is 18.2 Å². The standard InChI is InChI=1S/C82H80N4O/c1-50-22-20-23-51(2)75(50)68-43-56(80(9,10)11)42-67-65-48-70-69(81(12,13)37-38-82(70,14)15)47-64(65)60-26-16-17-27-61(60)66-40-53(52-30-32-54(33-31-52)78(3,4)5)41-73-77(66)85(76(67)68)49-84(73)57-24-21-25-58(45-57)87-59-34-35-63-62-28-18-19-29-71(62)86(72(63)46-59)74-44-55(36-39-83-74)79(6,7)8/h16-36,39-48H,37-38H2,1-15H3/i1D3,2D3. The Hall–Kier alpha value is -8.80. The highest BCUT2D eigenvalue weighted by molar-refractivity contribution is 6.10. The van der Waals surface area contributed by atoms with Gasteiger partial charge in [0.25, 0.3) is 6.33 Å². The van der Waals surface area contributed by atoms with E-state index < -0.39 is 19.1 Å². The minimum Gasteiger partial charge on any atom is -0.458 e. The van der Waals surface area contributed by atoms with Gasteiger partial charge in [-0.2, -0.15) is 0 Å². The van der Waals surface area contributed by atoms with Crippen LogP contribution >= 0.6 is 0 Å². The van der Waals surface area contributed by atoms with Crippen LogP contribution in [0, 0.1) is 20.0 Å². The molecule has 0 radical (unpaired) electrons. The first-order chi connectivity index (χ1) is 43.7. The van der Waals surface area contributed by atoms with Gasteiger partial charge in [0, 0.05) is 31.3 Å². The summed E-state index contributed by atoms with van der Waals surface area (Å²) in [6.07, 6.45) is 7.90. The highest BCUT2D eigenvalue weighted by Crippen LogP contribution is 2.54. The molecule has 0 N–H and O–H groups in total. The van der Waals surface area contributed by atoms with Gasteiger partial charge in [0.15, 0.2) is 0 Å².